The van der Waals surface area contributed by atoms with Crippen molar-refractivity contribution >= 4 is 27.3 Å². The van der Waals surface area contributed by atoms with Crippen molar-refractivity contribution in [1.82, 2.24) is 0 Å². The van der Waals surface area contributed by atoms with E-state index in [4.69, 9.17) is 0 Å². The molecule has 17 heavy (non-hydrogen) atoms. The Morgan fingerprint density at radius 2 is 2.00 bits per heavy atom. The fourth-order valence-electron chi connectivity index (χ4n) is 2.06. The molecule has 3 nitrogen and oxygen atoms in total. The van der Waals surface area contributed by atoms with E-state index in [1.807, 2.05) is 30.5 Å². The molecule has 0 aliphatic carbocycles. The van der Waals surface area contributed by atoms with Crippen LogP contribution in [0.5, 0.6) is 0 Å². The second-order valence-electron chi connectivity index (χ2n) is 4.33. The summed E-state index contributed by atoms with van der Waals surface area (Å²) in [4.78, 5) is 1.21. The van der Waals surface area contributed by atoms with Crippen molar-refractivity contribution in [3.63, 3.8) is 0 Å². The number of rotatable bonds is 3. The maximum absolute atomic E-state index is 11.5. The van der Waals surface area contributed by atoms with Gasteiger partial charge in [-0.2, -0.15) is 0 Å². The molecule has 1 fully saturated rings. The SMILES string of the molecule is CSc1ccc(NC2CCCS(=O)(=O)C2)cc1. The Labute approximate surface area is 107 Å². The van der Waals surface area contributed by atoms with Gasteiger partial charge in [0.25, 0.3) is 0 Å². The minimum Gasteiger partial charge on any atom is -0.381 e. The maximum atomic E-state index is 11.5. The zero-order valence-corrected chi connectivity index (χ0v) is 11.5. The first-order valence-corrected chi connectivity index (χ1v) is 8.75. The average molecular weight is 271 g/mol. The van der Waals surface area contributed by atoms with Crippen LogP contribution < -0.4 is 5.32 Å². The molecule has 0 aromatic heterocycles. The first-order chi connectivity index (χ1) is 8.09. The Hall–Kier alpha value is -0.680. The summed E-state index contributed by atoms with van der Waals surface area (Å²) >= 11 is 1.70. The second-order valence-corrected chi connectivity index (χ2v) is 7.43. The van der Waals surface area contributed by atoms with E-state index in [1.54, 1.807) is 11.8 Å². The summed E-state index contributed by atoms with van der Waals surface area (Å²) in [5, 5.41) is 3.30. The maximum Gasteiger partial charge on any atom is 0.152 e. The smallest absolute Gasteiger partial charge is 0.152 e. The van der Waals surface area contributed by atoms with Crippen molar-refractivity contribution in [2.24, 2.45) is 0 Å². The van der Waals surface area contributed by atoms with Crippen molar-refractivity contribution in [2.75, 3.05) is 23.1 Å². The highest BCUT2D eigenvalue weighted by molar-refractivity contribution is 7.98. The zero-order chi connectivity index (χ0) is 12.3. The average Bonchev–Trinajstić information content (AvgIpc) is 2.29. The third-order valence-electron chi connectivity index (χ3n) is 2.92. The van der Waals surface area contributed by atoms with Crippen molar-refractivity contribution in [3.8, 4) is 0 Å². The van der Waals surface area contributed by atoms with E-state index < -0.39 is 9.84 Å². The molecule has 5 heteroatoms. The summed E-state index contributed by atoms with van der Waals surface area (Å²) in [6, 6.07) is 8.17. The number of hydrogen-bond donors (Lipinski definition) is 1. The molecular weight excluding hydrogens is 254 g/mol. The lowest BCUT2D eigenvalue weighted by molar-refractivity contribution is 0.562. The van der Waals surface area contributed by atoms with Gasteiger partial charge in [-0.05, 0) is 43.4 Å². The topological polar surface area (TPSA) is 46.2 Å². The number of benzene rings is 1. The molecule has 1 atom stereocenters. The fraction of sp³-hybridized carbons (Fsp3) is 0.500. The monoisotopic (exact) mass is 271 g/mol. The van der Waals surface area contributed by atoms with Crippen LogP contribution >= 0.6 is 11.8 Å². The third-order valence-corrected chi connectivity index (χ3v) is 5.49. The quantitative estimate of drug-likeness (QED) is 0.858. The summed E-state index contributed by atoms with van der Waals surface area (Å²) in [6.45, 7) is 0. The molecule has 0 amide bonds. The first kappa shape index (κ1) is 12.8. The number of anilines is 1. The first-order valence-electron chi connectivity index (χ1n) is 5.70. The molecule has 1 aromatic carbocycles. The predicted molar refractivity (Wildman–Crippen MR) is 73.5 cm³/mol. The molecule has 1 saturated heterocycles. The van der Waals surface area contributed by atoms with Crippen molar-refractivity contribution < 1.29 is 8.42 Å². The van der Waals surface area contributed by atoms with Gasteiger partial charge in [-0.3, -0.25) is 0 Å². The van der Waals surface area contributed by atoms with E-state index in [2.05, 4.69) is 5.32 Å². The lowest BCUT2D eigenvalue weighted by atomic mass is 10.2. The highest BCUT2D eigenvalue weighted by Crippen LogP contribution is 2.20. The van der Waals surface area contributed by atoms with Gasteiger partial charge < -0.3 is 5.32 Å². The Balaban J connectivity index is 2.00. The molecule has 1 unspecified atom stereocenters. The molecule has 1 heterocycles. The molecule has 1 N–H and O–H groups in total. The van der Waals surface area contributed by atoms with Gasteiger partial charge in [-0.25, -0.2) is 8.42 Å². The molecule has 1 aliphatic rings. The minimum absolute atomic E-state index is 0.0638. The molecule has 94 valence electrons. The minimum atomic E-state index is -2.83. The lowest BCUT2D eigenvalue weighted by Crippen LogP contribution is -2.34. The van der Waals surface area contributed by atoms with Crippen LogP contribution in [0.2, 0.25) is 0 Å². The van der Waals surface area contributed by atoms with Gasteiger partial charge in [0.2, 0.25) is 0 Å². The van der Waals surface area contributed by atoms with Crippen LogP contribution in [0.3, 0.4) is 0 Å². The molecule has 0 radical (unpaired) electrons. The van der Waals surface area contributed by atoms with Gasteiger partial charge in [0.1, 0.15) is 0 Å². The summed E-state index contributed by atoms with van der Waals surface area (Å²) < 4.78 is 23.0. The fourth-order valence-corrected chi connectivity index (χ4v) is 4.10. The largest absolute Gasteiger partial charge is 0.381 e. The second kappa shape index (κ2) is 5.31. The highest BCUT2D eigenvalue weighted by Gasteiger charge is 2.24. The van der Waals surface area contributed by atoms with E-state index in [0.717, 1.165) is 18.5 Å². The third kappa shape index (κ3) is 3.64. The number of thioether (sulfide) groups is 1. The number of hydrogen-bond acceptors (Lipinski definition) is 4. The molecule has 1 aliphatic heterocycles. The standard InChI is InChI=1S/C12H17NO2S2/c1-16-12-6-4-10(5-7-12)13-11-3-2-8-17(14,15)9-11/h4-7,11,13H,2-3,8-9H2,1H3. The van der Waals surface area contributed by atoms with Crippen LogP contribution in [-0.4, -0.2) is 32.2 Å². The Morgan fingerprint density at radius 1 is 1.29 bits per heavy atom. The Bertz CT molecular complexity index is 468. The summed E-state index contributed by atoms with van der Waals surface area (Å²) in [5.74, 6) is 0.605. The van der Waals surface area contributed by atoms with Gasteiger partial charge in [0.05, 0.1) is 11.5 Å². The highest BCUT2D eigenvalue weighted by atomic mass is 32.2. The van der Waals surface area contributed by atoms with Crippen LogP contribution in [0.1, 0.15) is 12.8 Å². The van der Waals surface area contributed by atoms with Crippen LogP contribution in [0.25, 0.3) is 0 Å². The summed E-state index contributed by atoms with van der Waals surface area (Å²) in [5.41, 5.74) is 1.00. The Kier molecular flexibility index (Phi) is 3.99. The Morgan fingerprint density at radius 3 is 2.59 bits per heavy atom. The van der Waals surface area contributed by atoms with Crippen molar-refractivity contribution in [2.45, 2.75) is 23.8 Å². The number of sulfone groups is 1. The normalized spacial score (nSPS) is 23.2. The van der Waals surface area contributed by atoms with Crippen molar-refractivity contribution in [1.29, 1.82) is 0 Å². The van der Waals surface area contributed by atoms with Gasteiger partial charge in [-0.15, -0.1) is 11.8 Å². The molecule has 0 saturated carbocycles. The zero-order valence-electron chi connectivity index (χ0n) is 9.85. The van der Waals surface area contributed by atoms with E-state index in [-0.39, 0.29) is 11.8 Å². The number of nitrogens with one attached hydrogen (secondary N) is 1. The molecule has 0 spiro atoms. The molecule has 2 rings (SSSR count). The van der Waals surface area contributed by atoms with Gasteiger partial charge >= 0.3 is 0 Å². The van der Waals surface area contributed by atoms with E-state index in [0.29, 0.717) is 5.75 Å². The van der Waals surface area contributed by atoms with Gasteiger partial charge in [0.15, 0.2) is 9.84 Å². The molecular formula is C12H17NO2S2. The van der Waals surface area contributed by atoms with E-state index >= 15 is 0 Å². The van der Waals surface area contributed by atoms with Crippen LogP contribution in [0.15, 0.2) is 29.2 Å². The predicted octanol–water partition coefficient (Wildman–Crippen LogP) is 2.40. The van der Waals surface area contributed by atoms with Gasteiger partial charge in [-0.1, -0.05) is 0 Å². The summed E-state index contributed by atoms with van der Waals surface area (Å²) in [7, 11) is -2.83. The van der Waals surface area contributed by atoms with E-state index in [1.165, 1.54) is 4.90 Å². The van der Waals surface area contributed by atoms with Crippen LogP contribution in [0, 0.1) is 0 Å². The molecule has 0 bridgehead atoms. The summed E-state index contributed by atoms with van der Waals surface area (Å²) in [6.07, 6.45) is 3.74. The van der Waals surface area contributed by atoms with Gasteiger partial charge in [0, 0.05) is 16.6 Å². The van der Waals surface area contributed by atoms with Crippen molar-refractivity contribution in [3.05, 3.63) is 24.3 Å². The van der Waals surface area contributed by atoms with Crippen LogP contribution in [-0.2, 0) is 9.84 Å². The van der Waals surface area contributed by atoms with E-state index in [9.17, 15) is 8.42 Å². The molecule has 1 aromatic rings. The lowest BCUT2D eigenvalue weighted by Gasteiger charge is -2.24. The van der Waals surface area contributed by atoms with Crippen LogP contribution in [0.4, 0.5) is 5.69 Å².